The third kappa shape index (κ3) is 4.72. The van der Waals surface area contributed by atoms with Crippen molar-refractivity contribution in [3.05, 3.63) is 116 Å². The van der Waals surface area contributed by atoms with Crippen molar-refractivity contribution >= 4 is 0 Å². The average molecular weight is 520 g/mol. The van der Waals surface area contributed by atoms with E-state index < -0.39 is 22.9 Å². The Bertz CT molecular complexity index is 1580. The van der Waals surface area contributed by atoms with Crippen LogP contribution in [0.1, 0.15) is 22.9 Å². The van der Waals surface area contributed by atoms with E-state index in [9.17, 15) is 18.4 Å². The van der Waals surface area contributed by atoms with Crippen LogP contribution in [-0.4, -0.2) is 29.4 Å². The van der Waals surface area contributed by atoms with Gasteiger partial charge in [0.25, 0.3) is 5.56 Å². The van der Waals surface area contributed by atoms with Gasteiger partial charge in [-0.3, -0.25) is 13.9 Å². The lowest BCUT2D eigenvalue weighted by Crippen LogP contribution is -2.44. The molecule has 7 nitrogen and oxygen atoms in total. The number of ether oxygens (including phenoxy) is 2. The minimum absolute atomic E-state index is 0.00969. The molecular weight excluding hydrogens is 492 g/mol. The van der Waals surface area contributed by atoms with E-state index in [0.717, 1.165) is 22.3 Å². The molecule has 0 fully saturated rings. The van der Waals surface area contributed by atoms with Gasteiger partial charge in [-0.15, -0.1) is 0 Å². The Balaban J connectivity index is 1.71. The average Bonchev–Trinajstić information content (AvgIpc) is 2.93. The molecule has 0 unspecified atom stereocenters. The molecule has 0 spiro atoms. The van der Waals surface area contributed by atoms with Gasteiger partial charge in [-0.05, 0) is 49.4 Å². The Morgan fingerprint density at radius 1 is 0.895 bits per heavy atom. The summed E-state index contributed by atoms with van der Waals surface area (Å²) in [6.07, 6.45) is 0. The van der Waals surface area contributed by atoms with Crippen LogP contribution >= 0.6 is 0 Å². The second-order valence-electron chi connectivity index (χ2n) is 9.06. The molecule has 0 bridgehead atoms. The highest BCUT2D eigenvalue weighted by atomic mass is 19.1. The minimum Gasteiger partial charge on any atom is -0.486 e. The minimum atomic E-state index is -0.771. The maximum absolute atomic E-state index is 14.6. The van der Waals surface area contributed by atoms with E-state index in [1.54, 1.807) is 32.2 Å². The lowest BCUT2D eigenvalue weighted by Gasteiger charge is -2.23. The van der Waals surface area contributed by atoms with Crippen molar-refractivity contribution < 1.29 is 18.3 Å². The van der Waals surface area contributed by atoms with Gasteiger partial charge in [0.1, 0.15) is 24.8 Å². The van der Waals surface area contributed by atoms with E-state index in [4.69, 9.17) is 9.47 Å². The molecule has 0 amide bonds. The van der Waals surface area contributed by atoms with Gasteiger partial charge >= 0.3 is 5.69 Å². The molecule has 4 aromatic rings. The van der Waals surface area contributed by atoms with E-state index in [1.165, 1.54) is 10.6 Å². The lowest BCUT2D eigenvalue weighted by atomic mass is 10.0. The van der Waals surface area contributed by atoms with Crippen LogP contribution in [0.5, 0.6) is 11.5 Å². The number of halogens is 2. The summed E-state index contributed by atoms with van der Waals surface area (Å²) in [6.45, 7) is 2.02. The first-order chi connectivity index (χ1) is 18.4. The van der Waals surface area contributed by atoms with Crippen LogP contribution in [-0.2, 0) is 13.1 Å². The van der Waals surface area contributed by atoms with Crippen molar-refractivity contribution in [2.24, 2.45) is 0 Å². The SMILES string of the molecule is CN[C@@H](Cn1c(=O)c(-c2ccc3c(c2)OCCO3)c(C)n(Cc2c(F)cccc2F)c1=O)c1ccccc1. The predicted octanol–water partition coefficient (Wildman–Crippen LogP) is 4.04. The zero-order valence-corrected chi connectivity index (χ0v) is 21.0. The maximum Gasteiger partial charge on any atom is 0.331 e. The quantitative estimate of drug-likeness (QED) is 0.399. The van der Waals surface area contributed by atoms with Crippen molar-refractivity contribution in [3.63, 3.8) is 0 Å². The van der Waals surface area contributed by atoms with E-state index in [-0.39, 0.29) is 36.0 Å². The summed E-state index contributed by atoms with van der Waals surface area (Å²) in [4.78, 5) is 27.6. The number of benzene rings is 3. The fraction of sp³-hybridized carbons (Fsp3) is 0.241. The molecule has 0 radical (unpaired) electrons. The molecule has 9 heteroatoms. The first-order valence-corrected chi connectivity index (χ1v) is 12.3. The van der Waals surface area contributed by atoms with E-state index in [2.05, 4.69) is 5.32 Å². The molecule has 1 aliphatic rings. The summed E-state index contributed by atoms with van der Waals surface area (Å²) in [6, 6.07) is 17.7. The first-order valence-electron chi connectivity index (χ1n) is 12.3. The number of rotatable bonds is 7. The van der Waals surface area contributed by atoms with Crippen molar-refractivity contribution in [3.8, 4) is 22.6 Å². The van der Waals surface area contributed by atoms with Crippen molar-refractivity contribution in [1.82, 2.24) is 14.5 Å². The Morgan fingerprint density at radius 3 is 2.26 bits per heavy atom. The molecule has 0 aliphatic carbocycles. The monoisotopic (exact) mass is 519 g/mol. The van der Waals surface area contributed by atoms with Crippen LogP contribution in [0.3, 0.4) is 0 Å². The first kappa shape index (κ1) is 25.4. The second-order valence-corrected chi connectivity index (χ2v) is 9.06. The topological polar surface area (TPSA) is 74.5 Å². The molecule has 196 valence electrons. The standard InChI is InChI=1S/C29H27F2N3O4/c1-18-27(20-11-12-25-26(15-20)38-14-13-37-25)28(35)34(17-24(32-2)19-7-4-3-5-8-19)29(36)33(18)16-21-22(30)9-6-10-23(21)31/h3-12,15,24,32H,13-14,16-17H2,1-2H3/t24-/m0/s1. The highest BCUT2D eigenvalue weighted by molar-refractivity contribution is 5.68. The second kappa shape index (κ2) is 10.6. The highest BCUT2D eigenvalue weighted by Gasteiger charge is 2.23. The molecule has 2 heterocycles. The van der Waals surface area contributed by atoms with E-state index in [1.807, 2.05) is 30.3 Å². The number of likely N-dealkylation sites (N-methyl/N-ethyl adjacent to an activating group) is 1. The molecule has 1 aliphatic heterocycles. The Morgan fingerprint density at radius 2 is 1.58 bits per heavy atom. The number of nitrogens with zero attached hydrogens (tertiary/aromatic N) is 2. The molecule has 0 saturated carbocycles. The number of hydrogen-bond donors (Lipinski definition) is 1. The summed E-state index contributed by atoms with van der Waals surface area (Å²) in [5, 5.41) is 3.16. The largest absolute Gasteiger partial charge is 0.486 e. The molecule has 0 saturated heterocycles. The molecule has 5 rings (SSSR count). The Hall–Kier alpha value is -4.24. The number of nitrogens with one attached hydrogen (secondary N) is 1. The molecular formula is C29H27F2N3O4. The highest BCUT2D eigenvalue weighted by Crippen LogP contribution is 2.34. The fourth-order valence-corrected chi connectivity index (χ4v) is 4.75. The molecule has 1 N–H and O–H groups in total. The summed E-state index contributed by atoms with van der Waals surface area (Å²) >= 11 is 0. The molecule has 1 atom stereocenters. The number of aromatic nitrogens is 2. The Labute approximate surface area is 217 Å². The van der Waals surface area contributed by atoms with Crippen molar-refractivity contribution in [1.29, 1.82) is 0 Å². The maximum atomic E-state index is 14.6. The summed E-state index contributed by atoms with van der Waals surface area (Å²) in [5.41, 5.74) is 0.489. The van der Waals surface area contributed by atoms with Gasteiger partial charge in [-0.1, -0.05) is 42.5 Å². The van der Waals surface area contributed by atoms with Gasteiger partial charge in [-0.25, -0.2) is 13.6 Å². The van der Waals surface area contributed by atoms with Gasteiger partial charge in [-0.2, -0.15) is 0 Å². The van der Waals surface area contributed by atoms with Gasteiger partial charge in [0.05, 0.1) is 24.7 Å². The molecule has 38 heavy (non-hydrogen) atoms. The van der Waals surface area contributed by atoms with Crippen molar-refractivity contribution in [2.75, 3.05) is 20.3 Å². The van der Waals surface area contributed by atoms with Crippen LogP contribution in [0.2, 0.25) is 0 Å². The van der Waals surface area contributed by atoms with E-state index in [0.29, 0.717) is 30.3 Å². The van der Waals surface area contributed by atoms with Crippen LogP contribution in [0, 0.1) is 18.6 Å². The van der Waals surface area contributed by atoms with Gasteiger partial charge in [0.15, 0.2) is 11.5 Å². The molecule has 3 aromatic carbocycles. The normalized spacial score (nSPS) is 13.4. The molecule has 1 aromatic heterocycles. The van der Waals surface area contributed by atoms with Crippen LogP contribution in [0.4, 0.5) is 8.78 Å². The lowest BCUT2D eigenvalue weighted by molar-refractivity contribution is 0.171. The van der Waals surface area contributed by atoms with Gasteiger partial charge in [0.2, 0.25) is 0 Å². The Kier molecular flexibility index (Phi) is 7.11. The number of hydrogen-bond acceptors (Lipinski definition) is 5. The summed E-state index contributed by atoms with van der Waals surface area (Å²) < 4.78 is 42.9. The zero-order chi connectivity index (χ0) is 26.8. The summed E-state index contributed by atoms with van der Waals surface area (Å²) in [5.74, 6) is -0.506. The van der Waals surface area contributed by atoms with Crippen molar-refractivity contribution in [2.45, 2.75) is 26.1 Å². The van der Waals surface area contributed by atoms with E-state index >= 15 is 0 Å². The third-order valence-corrected chi connectivity index (χ3v) is 6.81. The van der Waals surface area contributed by atoms with Crippen LogP contribution < -0.4 is 26.0 Å². The van der Waals surface area contributed by atoms with Crippen LogP contribution in [0.15, 0.2) is 76.3 Å². The van der Waals surface area contributed by atoms with Gasteiger partial charge in [0, 0.05) is 11.3 Å². The third-order valence-electron chi connectivity index (χ3n) is 6.81. The van der Waals surface area contributed by atoms with Gasteiger partial charge < -0.3 is 14.8 Å². The number of fused-ring (bicyclic) bond motifs is 1. The zero-order valence-electron chi connectivity index (χ0n) is 21.0. The smallest absolute Gasteiger partial charge is 0.331 e. The summed E-state index contributed by atoms with van der Waals surface area (Å²) in [7, 11) is 1.74. The predicted molar refractivity (Wildman–Crippen MR) is 140 cm³/mol. The fourth-order valence-electron chi connectivity index (χ4n) is 4.75. The van der Waals surface area contributed by atoms with Crippen LogP contribution in [0.25, 0.3) is 11.1 Å².